The fraction of sp³-hybridized carbons (Fsp3) is 0.238. The lowest BCUT2D eigenvalue weighted by Crippen LogP contribution is -2.44. The van der Waals surface area contributed by atoms with E-state index in [4.69, 9.17) is 4.74 Å². The van der Waals surface area contributed by atoms with E-state index < -0.39 is 12.0 Å². The minimum absolute atomic E-state index is 0.0000630. The number of phenolic OH excluding ortho intramolecular Hbond substituents is 1. The maximum atomic E-state index is 12.9. The summed E-state index contributed by atoms with van der Waals surface area (Å²) in [6.07, 6.45) is 3.32. The largest absolute Gasteiger partial charge is 0.508 e. The molecule has 0 unspecified atom stereocenters. The fourth-order valence-corrected chi connectivity index (χ4v) is 3.10. The number of methoxy groups -OCH3 is 1. The number of phenols is 1. The smallest absolute Gasteiger partial charge is 0.328 e. The summed E-state index contributed by atoms with van der Waals surface area (Å²) in [5.74, 6) is -0.892. The van der Waals surface area contributed by atoms with Crippen LogP contribution < -0.4 is 0 Å². The second kappa shape index (κ2) is 8.55. The summed E-state index contributed by atoms with van der Waals surface area (Å²) >= 11 is 0. The summed E-state index contributed by atoms with van der Waals surface area (Å²) in [4.78, 5) is 30.5. The molecule has 0 spiro atoms. The molecule has 3 aromatic rings. The van der Waals surface area contributed by atoms with E-state index in [0.29, 0.717) is 5.56 Å². The van der Waals surface area contributed by atoms with Crippen LogP contribution in [0.3, 0.4) is 0 Å². The molecule has 150 valence electrons. The third-order valence-electron chi connectivity index (χ3n) is 4.62. The third-order valence-corrected chi connectivity index (χ3v) is 4.62. The molecule has 1 N–H and O–H groups in total. The van der Waals surface area contributed by atoms with Crippen molar-refractivity contribution in [3.8, 4) is 11.4 Å². The molecular weight excluding hydrogens is 372 g/mol. The number of carbonyl (C=O) groups is 2. The van der Waals surface area contributed by atoms with Gasteiger partial charge in [-0.15, -0.1) is 0 Å². The molecule has 0 aliphatic carbocycles. The van der Waals surface area contributed by atoms with Gasteiger partial charge in [-0.2, -0.15) is 5.10 Å². The Kier molecular flexibility index (Phi) is 5.92. The van der Waals surface area contributed by atoms with Crippen LogP contribution in [0.2, 0.25) is 0 Å². The highest BCUT2D eigenvalue weighted by molar-refractivity contribution is 5.97. The Balaban J connectivity index is 1.82. The lowest BCUT2D eigenvalue weighted by molar-refractivity contribution is -0.145. The SMILES string of the molecule is COC(=O)[C@H](Cc1ccc(-n2cncn2)cc1)N(C)C(=O)c1cc(C)cc(O)c1. The second-order valence-electron chi connectivity index (χ2n) is 6.72. The Hall–Kier alpha value is -3.68. The number of hydrogen-bond acceptors (Lipinski definition) is 6. The van der Waals surface area contributed by atoms with Crippen LogP contribution in [0.15, 0.2) is 55.1 Å². The van der Waals surface area contributed by atoms with Crippen LogP contribution in [0.4, 0.5) is 0 Å². The van der Waals surface area contributed by atoms with Gasteiger partial charge in [-0.3, -0.25) is 4.79 Å². The van der Waals surface area contributed by atoms with Gasteiger partial charge in [-0.25, -0.2) is 14.5 Å². The molecule has 8 heteroatoms. The highest BCUT2D eigenvalue weighted by Crippen LogP contribution is 2.19. The summed E-state index contributed by atoms with van der Waals surface area (Å²) in [5, 5.41) is 13.9. The number of ether oxygens (including phenoxy) is 1. The monoisotopic (exact) mass is 394 g/mol. The van der Waals surface area contributed by atoms with E-state index in [2.05, 4.69) is 10.1 Å². The first-order chi connectivity index (χ1) is 13.9. The molecule has 1 heterocycles. The average Bonchev–Trinajstić information content (AvgIpc) is 3.25. The van der Waals surface area contributed by atoms with Crippen molar-refractivity contribution in [2.24, 2.45) is 0 Å². The number of aromatic nitrogens is 3. The number of aromatic hydroxyl groups is 1. The molecule has 1 atom stereocenters. The molecule has 29 heavy (non-hydrogen) atoms. The number of carbonyl (C=O) groups excluding carboxylic acids is 2. The quantitative estimate of drug-likeness (QED) is 0.644. The third kappa shape index (κ3) is 4.60. The Morgan fingerprint density at radius 2 is 1.93 bits per heavy atom. The lowest BCUT2D eigenvalue weighted by Gasteiger charge is -2.26. The Labute approximate surface area is 168 Å². The number of benzene rings is 2. The average molecular weight is 394 g/mol. The summed E-state index contributed by atoms with van der Waals surface area (Å²) < 4.78 is 6.54. The normalized spacial score (nSPS) is 11.7. The predicted molar refractivity (Wildman–Crippen MR) is 106 cm³/mol. The van der Waals surface area contributed by atoms with Crippen LogP contribution in [0.5, 0.6) is 5.75 Å². The van der Waals surface area contributed by atoms with Crippen molar-refractivity contribution >= 4 is 11.9 Å². The molecule has 2 aromatic carbocycles. The minimum Gasteiger partial charge on any atom is -0.508 e. The van der Waals surface area contributed by atoms with Crippen LogP contribution in [0.1, 0.15) is 21.5 Å². The van der Waals surface area contributed by atoms with Crippen molar-refractivity contribution in [3.05, 3.63) is 71.8 Å². The zero-order valence-corrected chi connectivity index (χ0v) is 16.4. The molecule has 0 saturated carbocycles. The lowest BCUT2D eigenvalue weighted by atomic mass is 10.0. The van der Waals surface area contributed by atoms with E-state index in [1.54, 1.807) is 37.1 Å². The zero-order chi connectivity index (χ0) is 21.0. The highest BCUT2D eigenvalue weighted by Gasteiger charge is 2.29. The van der Waals surface area contributed by atoms with Gasteiger partial charge in [0.1, 0.15) is 24.4 Å². The first-order valence-electron chi connectivity index (χ1n) is 8.98. The van der Waals surface area contributed by atoms with E-state index in [0.717, 1.165) is 16.8 Å². The number of hydrogen-bond donors (Lipinski definition) is 1. The number of nitrogens with zero attached hydrogens (tertiary/aromatic N) is 4. The summed E-state index contributed by atoms with van der Waals surface area (Å²) in [6, 6.07) is 11.2. The van der Waals surface area contributed by atoms with Gasteiger partial charge in [0.2, 0.25) is 0 Å². The molecule has 8 nitrogen and oxygen atoms in total. The summed E-state index contributed by atoms with van der Waals surface area (Å²) in [7, 11) is 2.84. The van der Waals surface area contributed by atoms with Crippen molar-refractivity contribution in [2.75, 3.05) is 14.2 Å². The van der Waals surface area contributed by atoms with Gasteiger partial charge in [-0.05, 0) is 48.4 Å². The van der Waals surface area contributed by atoms with Gasteiger partial charge in [-0.1, -0.05) is 12.1 Å². The summed E-state index contributed by atoms with van der Waals surface area (Å²) in [5.41, 5.74) is 2.75. The maximum Gasteiger partial charge on any atom is 0.328 e. The molecule has 0 saturated heterocycles. The van der Waals surface area contributed by atoms with Crippen molar-refractivity contribution in [1.29, 1.82) is 0 Å². The number of rotatable bonds is 6. The van der Waals surface area contributed by atoms with Crippen LogP contribution >= 0.6 is 0 Å². The molecule has 3 rings (SSSR count). The van der Waals surface area contributed by atoms with Crippen LogP contribution in [0, 0.1) is 6.92 Å². The topological polar surface area (TPSA) is 97.6 Å². The Bertz CT molecular complexity index is 980. The van der Waals surface area contributed by atoms with E-state index in [9.17, 15) is 14.7 Å². The first-order valence-corrected chi connectivity index (χ1v) is 8.98. The standard InChI is InChI=1S/C21H22N4O4/c1-14-8-16(11-18(26)9-14)20(27)24(2)19(21(28)29-3)10-15-4-6-17(7-5-15)25-13-22-12-23-25/h4-9,11-13,19,26H,10H2,1-3H3/t19-/m0/s1. The maximum absolute atomic E-state index is 12.9. The van der Waals surface area contributed by atoms with Crippen molar-refractivity contribution in [3.63, 3.8) is 0 Å². The van der Waals surface area contributed by atoms with Crippen molar-refractivity contribution in [1.82, 2.24) is 19.7 Å². The van der Waals surface area contributed by atoms with E-state index in [-0.39, 0.29) is 18.1 Å². The second-order valence-corrected chi connectivity index (χ2v) is 6.72. The van der Waals surface area contributed by atoms with Crippen LogP contribution in [-0.4, -0.2) is 56.8 Å². The van der Waals surface area contributed by atoms with Crippen LogP contribution in [-0.2, 0) is 16.0 Å². The van der Waals surface area contributed by atoms with Gasteiger partial charge in [0, 0.05) is 19.0 Å². The number of amides is 1. The van der Waals surface area contributed by atoms with Gasteiger partial charge in [0.05, 0.1) is 12.8 Å². The van der Waals surface area contributed by atoms with Gasteiger partial charge in [0.15, 0.2) is 0 Å². The van der Waals surface area contributed by atoms with Gasteiger partial charge >= 0.3 is 5.97 Å². The van der Waals surface area contributed by atoms with Crippen molar-refractivity contribution < 1.29 is 19.4 Å². The zero-order valence-electron chi connectivity index (χ0n) is 16.4. The van der Waals surface area contributed by atoms with E-state index in [1.165, 1.54) is 24.4 Å². The van der Waals surface area contributed by atoms with Crippen LogP contribution in [0.25, 0.3) is 5.69 Å². The number of aryl methyl sites for hydroxylation is 1. The van der Waals surface area contributed by atoms with Gasteiger partial charge < -0.3 is 14.7 Å². The molecular formula is C21H22N4O4. The van der Waals surface area contributed by atoms with E-state index in [1.807, 2.05) is 24.3 Å². The highest BCUT2D eigenvalue weighted by atomic mass is 16.5. The Morgan fingerprint density at radius 1 is 1.21 bits per heavy atom. The molecule has 0 radical (unpaired) electrons. The molecule has 1 amide bonds. The molecule has 0 bridgehead atoms. The molecule has 0 aliphatic heterocycles. The molecule has 1 aromatic heterocycles. The number of esters is 1. The predicted octanol–water partition coefficient (Wildman–Crippen LogP) is 2.14. The van der Waals surface area contributed by atoms with Gasteiger partial charge in [0.25, 0.3) is 5.91 Å². The fourth-order valence-electron chi connectivity index (χ4n) is 3.10. The van der Waals surface area contributed by atoms with Crippen molar-refractivity contribution in [2.45, 2.75) is 19.4 Å². The number of likely N-dealkylation sites (N-methyl/N-ethyl adjacent to an activating group) is 1. The first kappa shape index (κ1) is 20.1. The molecule has 0 aliphatic rings. The van der Waals surface area contributed by atoms with E-state index >= 15 is 0 Å². The Morgan fingerprint density at radius 3 is 2.52 bits per heavy atom. The minimum atomic E-state index is -0.813. The molecule has 0 fully saturated rings. The summed E-state index contributed by atoms with van der Waals surface area (Å²) in [6.45, 7) is 1.78.